The first-order valence-corrected chi connectivity index (χ1v) is 27.2. The fourth-order valence-electron chi connectivity index (χ4n) is 15.8. The molecular formula is C56H30B2N5OSi2+3. The fraction of sp³-hybridized carbons (Fsp3) is 0. The van der Waals surface area contributed by atoms with E-state index in [1.807, 2.05) is 0 Å². The van der Waals surface area contributed by atoms with Crippen molar-refractivity contribution in [1.82, 2.24) is 14.7 Å². The molecule has 6 nitrogen and oxygen atoms in total. The maximum absolute atomic E-state index is 7.49. The van der Waals surface area contributed by atoms with Gasteiger partial charge in [-0.1, -0.05) is 144 Å². The first-order chi connectivity index (χ1) is 32.8. The van der Waals surface area contributed by atoms with Gasteiger partial charge < -0.3 is 4.74 Å². The van der Waals surface area contributed by atoms with Crippen molar-refractivity contribution < 1.29 is 14.1 Å². The summed E-state index contributed by atoms with van der Waals surface area (Å²) in [6, 6.07) is 60.8. The number of hydrogen-bond donors (Lipinski definition) is 0. The van der Waals surface area contributed by atoms with E-state index < -0.39 is 16.1 Å². The van der Waals surface area contributed by atoms with Crippen LogP contribution in [0.1, 0.15) is 0 Å². The van der Waals surface area contributed by atoms with Crippen molar-refractivity contribution in [2.24, 2.45) is 0 Å². The van der Waals surface area contributed by atoms with E-state index in [-0.39, 0.29) is 13.4 Å². The van der Waals surface area contributed by atoms with Crippen molar-refractivity contribution >= 4 is 116 Å². The van der Waals surface area contributed by atoms with Crippen LogP contribution in [0, 0.1) is 0 Å². The largest absolute Gasteiger partial charge is 0.441 e. The Kier molecular flexibility index (Phi) is 5.07. The molecule has 10 aromatic rings. The molecule has 0 fully saturated rings. The average molecular weight is 867 g/mol. The maximum Gasteiger partial charge on any atom is 0.344 e. The van der Waals surface area contributed by atoms with Crippen LogP contribution in [0.5, 0.6) is 11.5 Å². The highest BCUT2D eigenvalue weighted by molar-refractivity contribution is 7.29. The summed E-state index contributed by atoms with van der Waals surface area (Å²) >= 11 is 0. The summed E-state index contributed by atoms with van der Waals surface area (Å²) in [5.41, 5.74) is 21.2. The van der Waals surface area contributed by atoms with E-state index in [9.17, 15) is 0 Å². The van der Waals surface area contributed by atoms with Crippen LogP contribution in [-0.2, 0) is 0 Å². The Morgan fingerprint density at radius 1 is 0.379 bits per heavy atom. The van der Waals surface area contributed by atoms with Gasteiger partial charge in [-0.3, -0.25) is 9.97 Å². The molecule has 6 aromatic carbocycles. The molecule has 0 amide bonds. The van der Waals surface area contributed by atoms with Crippen molar-refractivity contribution in [3.05, 3.63) is 183 Å². The molecule has 0 aliphatic carbocycles. The minimum absolute atomic E-state index is 0.0114. The summed E-state index contributed by atoms with van der Waals surface area (Å²) in [5, 5.41) is 11.2. The molecule has 10 heteroatoms. The first kappa shape index (κ1) is 32.8. The van der Waals surface area contributed by atoms with Gasteiger partial charge in [0.1, 0.15) is 0 Å². The monoisotopic (exact) mass is 866 g/mol. The molecule has 0 bridgehead atoms. The Hall–Kier alpha value is -7.76. The quantitative estimate of drug-likeness (QED) is 0.120. The van der Waals surface area contributed by atoms with E-state index in [2.05, 4.69) is 192 Å². The predicted octanol–water partition coefficient (Wildman–Crippen LogP) is -0.315. The van der Waals surface area contributed by atoms with Crippen molar-refractivity contribution in [2.75, 3.05) is 0 Å². The lowest BCUT2D eigenvalue weighted by Gasteiger charge is -2.45. The lowest BCUT2D eigenvalue weighted by atomic mass is 9.38. The molecule has 13 heterocycles. The van der Waals surface area contributed by atoms with Gasteiger partial charge in [-0.15, -0.1) is 0 Å². The fourth-order valence-corrected chi connectivity index (χ4v) is 26.8. The van der Waals surface area contributed by atoms with Crippen molar-refractivity contribution in [2.45, 2.75) is 0 Å². The Labute approximate surface area is 381 Å². The second-order valence-corrected chi connectivity index (χ2v) is 26.7. The number of ether oxygens (including phenoxy) is 1. The number of nitrogens with zero attached hydrogens (tertiary/aromatic N) is 5. The maximum atomic E-state index is 7.49. The number of aromatic nitrogens is 4. The summed E-state index contributed by atoms with van der Waals surface area (Å²) < 4.78 is 13.1. The van der Waals surface area contributed by atoms with Crippen LogP contribution in [0.2, 0.25) is 0 Å². The zero-order chi connectivity index (χ0) is 42.2. The summed E-state index contributed by atoms with van der Waals surface area (Å²) in [5.74, 6) is 1.62. The van der Waals surface area contributed by atoms with Crippen molar-refractivity contribution in [1.29, 1.82) is 0 Å². The molecule has 296 valence electrons. The zero-order valence-electron chi connectivity index (χ0n) is 35.1. The third kappa shape index (κ3) is 2.93. The molecule has 19 rings (SSSR count). The number of pyridine rings is 4. The molecule has 0 radical (unpaired) electrons. The van der Waals surface area contributed by atoms with E-state index in [1.165, 1.54) is 131 Å². The standard InChI is InChI=1S/C56H30B2N5OSi2/c1-5-21-41-31(13-1)32-14-2-6-22-42(32)65(41)45-25-9-17-35-37-19-11-27-61-53(37)57(47(35)45)49-51-39(29-59-55(49)65)64-40-30-60-56-50-52(40)63(51,61)62-28-12-20-38-36-18-10-26-46(48(36)58(50)54(38)62)66(56)43-23-7-3-15-33(43)34-16-4-8-24-44(34)66/h1-30H/q+3. The molecule has 9 aliphatic heterocycles. The van der Waals surface area contributed by atoms with E-state index in [4.69, 9.17) is 14.7 Å². The number of hydrogen-bond acceptors (Lipinski definition) is 3. The second kappa shape index (κ2) is 10.2. The minimum Gasteiger partial charge on any atom is -0.441 e. The molecule has 0 saturated heterocycles. The van der Waals surface area contributed by atoms with Crippen LogP contribution in [-0.4, -0.2) is 39.5 Å². The Morgan fingerprint density at radius 2 is 0.742 bits per heavy atom. The molecular weight excluding hydrogens is 836 g/mol. The van der Waals surface area contributed by atoms with Gasteiger partial charge in [-0.25, -0.2) is 0 Å². The third-order valence-corrected chi connectivity index (χ3v) is 27.2. The lowest BCUT2D eigenvalue weighted by molar-refractivity contribution is -1.03. The topological polar surface area (TPSA) is 42.8 Å². The summed E-state index contributed by atoms with van der Waals surface area (Å²) in [7, 11) is -6.03. The van der Waals surface area contributed by atoms with Gasteiger partial charge in [-0.05, 0) is 76.6 Å². The van der Waals surface area contributed by atoms with E-state index in [0.717, 1.165) is 11.5 Å². The molecule has 0 atom stereocenters. The SMILES string of the molecule is c1ccc2c(c1)-c1ccccc1[Si]21c2cccc3c2B2c4c1ncc1c4[N+]4(c5c(cnc6c5B5c7c(cccc7[Si]67c6ccccc6-c6ccccc67)-c6ccc[n+]4c65)O1)[n+]1cccc-3c12. The predicted molar refractivity (Wildman–Crippen MR) is 267 cm³/mol. The highest BCUT2D eigenvalue weighted by atomic mass is 28.3. The van der Waals surface area contributed by atoms with Gasteiger partial charge in [0, 0.05) is 54.2 Å². The summed E-state index contributed by atoms with van der Waals surface area (Å²) in [6.07, 6.45) is 8.93. The van der Waals surface area contributed by atoms with Crippen LogP contribution >= 0.6 is 0 Å². The van der Waals surface area contributed by atoms with Crippen LogP contribution < -0.4 is 93.6 Å². The van der Waals surface area contributed by atoms with Crippen molar-refractivity contribution in [3.8, 4) is 56.0 Å². The summed E-state index contributed by atoms with van der Waals surface area (Å²) in [4.78, 5) is 11.6. The van der Waals surface area contributed by atoms with Crippen LogP contribution in [0.15, 0.2) is 183 Å². The number of rotatable bonds is 0. The van der Waals surface area contributed by atoms with Gasteiger partial charge in [0.05, 0.1) is 12.4 Å². The van der Waals surface area contributed by atoms with Crippen LogP contribution in [0.25, 0.3) is 44.5 Å². The number of benzene rings is 6. The third-order valence-electron chi connectivity index (χ3n) is 17.5. The lowest BCUT2D eigenvalue weighted by Crippen LogP contribution is -3.02. The molecule has 66 heavy (non-hydrogen) atoms. The van der Waals surface area contributed by atoms with Gasteiger partial charge in [-0.2, -0.15) is 0 Å². The summed E-state index contributed by atoms with van der Waals surface area (Å²) in [6.45, 7) is -0.0229. The Balaban J connectivity index is 1.05. The van der Waals surface area contributed by atoms with Gasteiger partial charge in [0.25, 0.3) is 0 Å². The molecule has 4 aromatic heterocycles. The van der Waals surface area contributed by atoms with Gasteiger partial charge in [0.2, 0.25) is 51.2 Å². The van der Waals surface area contributed by atoms with E-state index in [0.29, 0.717) is 4.70 Å². The normalized spacial score (nSPS) is 17.2. The first-order valence-electron chi connectivity index (χ1n) is 23.2. The van der Waals surface area contributed by atoms with Crippen LogP contribution in [0.3, 0.4) is 0 Å². The zero-order valence-corrected chi connectivity index (χ0v) is 37.1. The Morgan fingerprint density at radius 3 is 1.17 bits per heavy atom. The molecule has 0 N–H and O–H groups in total. The van der Waals surface area contributed by atoms with E-state index >= 15 is 0 Å². The minimum atomic E-state index is -3.01. The second-order valence-electron chi connectivity index (χ2n) is 19.6. The molecule has 3 spiro atoms. The van der Waals surface area contributed by atoms with E-state index in [1.54, 1.807) is 0 Å². The average Bonchev–Trinajstić information content (AvgIpc) is 4.09. The number of fused-ring (bicyclic) bond motifs is 16. The van der Waals surface area contributed by atoms with Crippen molar-refractivity contribution in [3.63, 3.8) is 0 Å². The van der Waals surface area contributed by atoms with Gasteiger partial charge >= 0.3 is 24.8 Å². The number of quaternary nitrogens is 1. The molecule has 0 unspecified atom stereocenters. The Bertz CT molecular complexity index is 3820. The highest BCUT2D eigenvalue weighted by Crippen LogP contribution is 2.51. The smallest absolute Gasteiger partial charge is 0.344 e. The van der Waals surface area contributed by atoms with Crippen LogP contribution in [0.4, 0.5) is 11.4 Å². The van der Waals surface area contributed by atoms with Gasteiger partial charge in [0.15, 0.2) is 4.70 Å². The molecule has 0 saturated carbocycles. The highest BCUT2D eigenvalue weighted by Gasteiger charge is 2.78. The molecule has 9 aliphatic rings.